The predicted molar refractivity (Wildman–Crippen MR) is 99.1 cm³/mol. The Balaban J connectivity index is 1.92. The van der Waals surface area contributed by atoms with Crippen LogP contribution in [0.15, 0.2) is 60.9 Å². The first-order chi connectivity index (χ1) is 11.9. The van der Waals surface area contributed by atoms with Crippen LogP contribution in [0.3, 0.4) is 0 Å². The van der Waals surface area contributed by atoms with Crippen LogP contribution >= 0.6 is 0 Å². The van der Waals surface area contributed by atoms with Gasteiger partial charge in [-0.25, -0.2) is 4.98 Å². The Morgan fingerprint density at radius 1 is 0.750 bits per heavy atom. The van der Waals surface area contributed by atoms with E-state index in [1.54, 1.807) is 0 Å². The first kappa shape index (κ1) is 13.7. The molecular formula is C22H18N2. The summed E-state index contributed by atoms with van der Waals surface area (Å²) in [5.74, 6) is 0. The summed E-state index contributed by atoms with van der Waals surface area (Å²) in [6.07, 6.45) is 8.52. The summed E-state index contributed by atoms with van der Waals surface area (Å²) in [7, 11) is 0. The van der Waals surface area contributed by atoms with Crippen molar-refractivity contribution in [3.63, 3.8) is 0 Å². The number of pyridine rings is 2. The Labute approximate surface area is 141 Å². The molecule has 0 amide bonds. The molecule has 116 valence electrons. The van der Waals surface area contributed by atoms with E-state index in [4.69, 9.17) is 4.98 Å². The molecule has 0 radical (unpaired) electrons. The average Bonchev–Trinajstić information content (AvgIpc) is 2.67. The second-order valence-electron chi connectivity index (χ2n) is 6.54. The minimum atomic E-state index is 1.11. The number of aryl methyl sites for hydroxylation is 1. The standard InChI is InChI=1S/C22H18N2/c1-2-6-17-15(5-1)9-10-20-21(17)18-7-3-4-8-19(18)22(24-20)16-11-13-23-14-12-16/h1-2,5-6,9-14H,3-4,7-8H2. The van der Waals surface area contributed by atoms with E-state index in [9.17, 15) is 0 Å². The largest absolute Gasteiger partial charge is 0.265 e. The molecule has 0 saturated heterocycles. The van der Waals surface area contributed by atoms with Crippen LogP contribution in [0.25, 0.3) is 32.9 Å². The summed E-state index contributed by atoms with van der Waals surface area (Å²) >= 11 is 0. The molecule has 0 fully saturated rings. The van der Waals surface area contributed by atoms with E-state index in [0.29, 0.717) is 0 Å². The molecule has 1 aliphatic rings. The number of hydrogen-bond acceptors (Lipinski definition) is 2. The molecule has 5 rings (SSSR count). The fourth-order valence-corrected chi connectivity index (χ4v) is 4.05. The van der Waals surface area contributed by atoms with Crippen molar-refractivity contribution < 1.29 is 0 Å². The molecular weight excluding hydrogens is 292 g/mol. The average molecular weight is 310 g/mol. The maximum absolute atomic E-state index is 5.08. The Bertz CT molecular complexity index is 1050. The van der Waals surface area contributed by atoms with Gasteiger partial charge in [-0.15, -0.1) is 0 Å². The van der Waals surface area contributed by atoms with Crippen LogP contribution in [-0.4, -0.2) is 9.97 Å². The molecule has 2 aromatic carbocycles. The van der Waals surface area contributed by atoms with Gasteiger partial charge in [0.15, 0.2) is 0 Å². The molecule has 2 aromatic heterocycles. The molecule has 4 aromatic rings. The predicted octanol–water partition coefficient (Wildman–Crippen LogP) is 5.33. The fourth-order valence-electron chi connectivity index (χ4n) is 4.05. The monoisotopic (exact) mass is 310 g/mol. The van der Waals surface area contributed by atoms with Gasteiger partial charge in [-0.1, -0.05) is 30.3 Å². The zero-order chi connectivity index (χ0) is 15.9. The molecule has 0 aliphatic heterocycles. The SMILES string of the molecule is c1ccc2c(c1)ccc1nc(-c3ccncc3)c3c(c12)CCCC3. The van der Waals surface area contributed by atoms with E-state index in [1.165, 1.54) is 45.7 Å². The molecule has 0 saturated carbocycles. The van der Waals surface area contributed by atoms with Crippen LogP contribution in [0, 0.1) is 0 Å². The number of fused-ring (bicyclic) bond motifs is 5. The highest BCUT2D eigenvalue weighted by Crippen LogP contribution is 2.37. The van der Waals surface area contributed by atoms with Gasteiger partial charge < -0.3 is 0 Å². The zero-order valence-corrected chi connectivity index (χ0v) is 13.5. The maximum atomic E-state index is 5.08. The van der Waals surface area contributed by atoms with Crippen molar-refractivity contribution in [3.05, 3.63) is 72.1 Å². The third-order valence-electron chi connectivity index (χ3n) is 5.15. The Hall–Kier alpha value is -2.74. The Morgan fingerprint density at radius 2 is 1.54 bits per heavy atom. The molecule has 0 bridgehead atoms. The van der Waals surface area contributed by atoms with Gasteiger partial charge >= 0.3 is 0 Å². The first-order valence-corrected chi connectivity index (χ1v) is 8.65. The van der Waals surface area contributed by atoms with E-state index in [-0.39, 0.29) is 0 Å². The van der Waals surface area contributed by atoms with Gasteiger partial charge in [-0.3, -0.25) is 4.98 Å². The van der Waals surface area contributed by atoms with E-state index in [1.807, 2.05) is 12.4 Å². The van der Waals surface area contributed by atoms with Crippen molar-refractivity contribution >= 4 is 21.7 Å². The molecule has 1 aliphatic carbocycles. The third kappa shape index (κ3) is 2.03. The minimum absolute atomic E-state index is 1.11. The number of hydrogen-bond donors (Lipinski definition) is 0. The molecule has 2 nitrogen and oxygen atoms in total. The van der Waals surface area contributed by atoms with Crippen molar-refractivity contribution in [2.24, 2.45) is 0 Å². The lowest BCUT2D eigenvalue weighted by molar-refractivity contribution is 0.689. The summed E-state index contributed by atoms with van der Waals surface area (Å²) in [5, 5.41) is 4.00. The van der Waals surface area contributed by atoms with Crippen molar-refractivity contribution in [2.45, 2.75) is 25.7 Å². The molecule has 2 heterocycles. The minimum Gasteiger partial charge on any atom is -0.265 e. The third-order valence-corrected chi connectivity index (χ3v) is 5.15. The smallest absolute Gasteiger partial charge is 0.0745 e. The molecule has 0 N–H and O–H groups in total. The highest BCUT2D eigenvalue weighted by atomic mass is 14.7. The second kappa shape index (κ2) is 5.41. The lowest BCUT2D eigenvalue weighted by Crippen LogP contribution is -2.08. The normalized spacial score (nSPS) is 14.0. The van der Waals surface area contributed by atoms with Gasteiger partial charge in [-0.2, -0.15) is 0 Å². The summed E-state index contributed by atoms with van der Waals surface area (Å²) in [6.45, 7) is 0. The molecule has 0 unspecified atom stereocenters. The van der Waals surface area contributed by atoms with Gasteiger partial charge in [0.1, 0.15) is 0 Å². The molecule has 0 spiro atoms. The highest BCUT2D eigenvalue weighted by Gasteiger charge is 2.20. The van der Waals surface area contributed by atoms with Crippen molar-refractivity contribution in [1.82, 2.24) is 9.97 Å². The van der Waals surface area contributed by atoms with Crippen LogP contribution in [0.5, 0.6) is 0 Å². The van der Waals surface area contributed by atoms with Gasteiger partial charge in [0.05, 0.1) is 11.2 Å². The van der Waals surface area contributed by atoms with E-state index in [2.05, 4.69) is 53.5 Å². The van der Waals surface area contributed by atoms with Gasteiger partial charge in [0.2, 0.25) is 0 Å². The zero-order valence-electron chi connectivity index (χ0n) is 13.5. The van der Waals surface area contributed by atoms with Gasteiger partial charge in [0.25, 0.3) is 0 Å². The van der Waals surface area contributed by atoms with Crippen LogP contribution in [0.4, 0.5) is 0 Å². The summed E-state index contributed by atoms with van der Waals surface area (Å²) in [6, 6.07) is 17.2. The molecule has 0 atom stereocenters. The number of nitrogens with zero attached hydrogens (tertiary/aromatic N) is 2. The van der Waals surface area contributed by atoms with Crippen molar-refractivity contribution in [2.75, 3.05) is 0 Å². The quantitative estimate of drug-likeness (QED) is 0.444. The summed E-state index contributed by atoms with van der Waals surface area (Å²) < 4.78 is 0. The summed E-state index contributed by atoms with van der Waals surface area (Å²) in [5.41, 5.74) is 6.39. The number of benzene rings is 2. The number of aromatic nitrogens is 2. The van der Waals surface area contributed by atoms with Gasteiger partial charge in [-0.05, 0) is 65.8 Å². The van der Waals surface area contributed by atoms with Crippen LogP contribution in [-0.2, 0) is 12.8 Å². The van der Waals surface area contributed by atoms with Crippen LogP contribution in [0.2, 0.25) is 0 Å². The van der Waals surface area contributed by atoms with Crippen LogP contribution in [0.1, 0.15) is 24.0 Å². The Morgan fingerprint density at radius 3 is 2.42 bits per heavy atom. The number of rotatable bonds is 1. The second-order valence-corrected chi connectivity index (χ2v) is 6.54. The topological polar surface area (TPSA) is 25.8 Å². The first-order valence-electron chi connectivity index (χ1n) is 8.65. The van der Waals surface area contributed by atoms with Crippen molar-refractivity contribution in [3.8, 4) is 11.3 Å². The highest BCUT2D eigenvalue weighted by molar-refractivity contribution is 6.09. The lowest BCUT2D eigenvalue weighted by Gasteiger charge is -2.22. The summed E-state index contributed by atoms with van der Waals surface area (Å²) in [4.78, 5) is 9.24. The van der Waals surface area contributed by atoms with Crippen LogP contribution < -0.4 is 0 Å². The van der Waals surface area contributed by atoms with E-state index >= 15 is 0 Å². The van der Waals surface area contributed by atoms with E-state index in [0.717, 1.165) is 24.1 Å². The molecule has 24 heavy (non-hydrogen) atoms. The van der Waals surface area contributed by atoms with E-state index < -0.39 is 0 Å². The lowest BCUT2D eigenvalue weighted by atomic mass is 9.85. The van der Waals surface area contributed by atoms with Gasteiger partial charge in [0, 0.05) is 23.3 Å². The molecule has 2 heteroatoms. The van der Waals surface area contributed by atoms with Crippen molar-refractivity contribution in [1.29, 1.82) is 0 Å². The maximum Gasteiger partial charge on any atom is 0.0745 e. The fraction of sp³-hybridized carbons (Fsp3) is 0.182. The Kier molecular flexibility index (Phi) is 3.08.